The lowest BCUT2D eigenvalue weighted by atomic mass is 9.62. The Morgan fingerprint density at radius 3 is 2.70 bits per heavy atom. The van der Waals surface area contributed by atoms with Gasteiger partial charge < -0.3 is 20.1 Å². The third-order valence-corrected chi connectivity index (χ3v) is 7.96. The van der Waals surface area contributed by atoms with Gasteiger partial charge in [-0.15, -0.1) is 0 Å². The predicted molar refractivity (Wildman–Crippen MR) is 121 cm³/mol. The van der Waals surface area contributed by atoms with Gasteiger partial charge in [0.1, 0.15) is 0 Å². The standard InChI is InChI=1S/C26H42O4/c1-17-20(15-21(27)16-24(17)28)9-8-19-7-6-12-26(5)22(10-11-23(19)26)18(2)30-14-13-25(3,4)29/h8-9,18,21-24,27-29H,1,6-7,10-16H2,2-5H3/b19-8+,20-9?/t18-,21-,22+,23-,24-,26+/m0/s1. The number of aliphatic hydroxyl groups is 3. The first-order valence-corrected chi connectivity index (χ1v) is 11.8. The second kappa shape index (κ2) is 9.28. The molecule has 4 nitrogen and oxygen atoms in total. The number of hydrogen-bond acceptors (Lipinski definition) is 4. The second-order valence-electron chi connectivity index (χ2n) is 10.8. The van der Waals surface area contributed by atoms with E-state index in [1.165, 1.54) is 31.3 Å². The van der Waals surface area contributed by atoms with Crippen LogP contribution in [0.15, 0.2) is 35.5 Å². The van der Waals surface area contributed by atoms with Crippen LogP contribution in [0.4, 0.5) is 0 Å². The molecule has 170 valence electrons. The topological polar surface area (TPSA) is 69.9 Å². The van der Waals surface area contributed by atoms with Crippen LogP contribution in [0.25, 0.3) is 0 Å². The summed E-state index contributed by atoms with van der Waals surface area (Å²) in [5.74, 6) is 1.11. The zero-order valence-electron chi connectivity index (χ0n) is 19.4. The molecule has 3 aliphatic rings. The summed E-state index contributed by atoms with van der Waals surface area (Å²) < 4.78 is 6.19. The first kappa shape index (κ1) is 23.7. The number of rotatable bonds is 6. The molecule has 4 heteroatoms. The lowest BCUT2D eigenvalue weighted by molar-refractivity contribution is -0.0454. The molecule has 0 heterocycles. The largest absolute Gasteiger partial charge is 0.393 e. The summed E-state index contributed by atoms with van der Waals surface area (Å²) in [5.41, 5.74) is 2.82. The Morgan fingerprint density at radius 2 is 2.00 bits per heavy atom. The Bertz CT molecular complexity index is 686. The monoisotopic (exact) mass is 418 g/mol. The van der Waals surface area contributed by atoms with Crippen molar-refractivity contribution in [3.8, 4) is 0 Å². The quantitative estimate of drug-likeness (QED) is 0.585. The van der Waals surface area contributed by atoms with Crippen LogP contribution in [0.3, 0.4) is 0 Å². The molecular weight excluding hydrogens is 376 g/mol. The van der Waals surface area contributed by atoms with Gasteiger partial charge in [-0.25, -0.2) is 0 Å². The third kappa shape index (κ3) is 5.27. The molecule has 3 fully saturated rings. The fourth-order valence-electron chi connectivity index (χ4n) is 6.13. The van der Waals surface area contributed by atoms with Crippen LogP contribution >= 0.6 is 0 Å². The minimum absolute atomic E-state index is 0.198. The van der Waals surface area contributed by atoms with Crippen molar-refractivity contribution in [2.24, 2.45) is 17.3 Å². The van der Waals surface area contributed by atoms with Gasteiger partial charge in [0.15, 0.2) is 0 Å². The van der Waals surface area contributed by atoms with Crippen molar-refractivity contribution in [3.63, 3.8) is 0 Å². The molecule has 0 aliphatic heterocycles. The highest BCUT2D eigenvalue weighted by Gasteiger charge is 2.51. The fourth-order valence-corrected chi connectivity index (χ4v) is 6.13. The van der Waals surface area contributed by atoms with E-state index in [-0.39, 0.29) is 11.5 Å². The maximum atomic E-state index is 10.1. The first-order chi connectivity index (χ1) is 14.0. The summed E-state index contributed by atoms with van der Waals surface area (Å²) in [6.07, 6.45) is 11.0. The number of hydrogen-bond donors (Lipinski definition) is 3. The highest BCUT2D eigenvalue weighted by molar-refractivity contribution is 5.38. The van der Waals surface area contributed by atoms with Crippen molar-refractivity contribution < 1.29 is 20.1 Å². The molecule has 3 rings (SSSR count). The number of aliphatic hydroxyl groups excluding tert-OH is 2. The molecule has 0 radical (unpaired) electrons. The van der Waals surface area contributed by atoms with Crippen LogP contribution in [0, 0.1) is 17.3 Å². The van der Waals surface area contributed by atoms with E-state index in [0.29, 0.717) is 37.7 Å². The Labute approximate surface area is 182 Å². The molecule has 0 saturated heterocycles. The minimum atomic E-state index is -0.680. The van der Waals surface area contributed by atoms with Crippen LogP contribution in [-0.4, -0.2) is 45.8 Å². The number of ether oxygens (including phenoxy) is 1. The summed E-state index contributed by atoms with van der Waals surface area (Å²) >= 11 is 0. The van der Waals surface area contributed by atoms with E-state index in [2.05, 4.69) is 32.6 Å². The molecule has 3 N–H and O–H groups in total. The summed E-state index contributed by atoms with van der Waals surface area (Å²) in [5, 5.41) is 30.1. The summed E-state index contributed by atoms with van der Waals surface area (Å²) in [6.45, 7) is 13.0. The van der Waals surface area contributed by atoms with Crippen LogP contribution in [0.2, 0.25) is 0 Å². The van der Waals surface area contributed by atoms with Gasteiger partial charge >= 0.3 is 0 Å². The molecule has 0 amide bonds. The Hall–Kier alpha value is -0.940. The average Bonchev–Trinajstić information content (AvgIpc) is 3.00. The molecule has 0 aromatic rings. The normalized spacial score (nSPS) is 38.8. The molecule has 30 heavy (non-hydrogen) atoms. The molecule has 0 bridgehead atoms. The maximum absolute atomic E-state index is 10.1. The van der Waals surface area contributed by atoms with E-state index in [0.717, 1.165) is 17.6 Å². The molecule has 6 atom stereocenters. The summed E-state index contributed by atoms with van der Waals surface area (Å²) in [4.78, 5) is 0. The smallest absolute Gasteiger partial charge is 0.0811 e. The van der Waals surface area contributed by atoms with Crippen molar-refractivity contribution in [1.29, 1.82) is 0 Å². The SMILES string of the molecule is C=C1C(=C/C=C2\CCC[C@]3(C)[C@@H]([C@H](C)OCCC(C)(C)O)CC[C@@H]23)C[C@H](O)C[C@@H]1O. The number of fused-ring (bicyclic) bond motifs is 1. The van der Waals surface area contributed by atoms with Gasteiger partial charge in [-0.05, 0) is 94.1 Å². The van der Waals surface area contributed by atoms with Crippen LogP contribution in [0.5, 0.6) is 0 Å². The maximum Gasteiger partial charge on any atom is 0.0811 e. The van der Waals surface area contributed by atoms with Crippen molar-refractivity contribution in [3.05, 3.63) is 35.5 Å². The minimum Gasteiger partial charge on any atom is -0.393 e. The lowest BCUT2D eigenvalue weighted by Crippen LogP contribution is -2.39. The van der Waals surface area contributed by atoms with Crippen LogP contribution < -0.4 is 0 Å². The molecule has 0 aromatic carbocycles. The average molecular weight is 419 g/mol. The highest BCUT2D eigenvalue weighted by Crippen LogP contribution is 2.58. The van der Waals surface area contributed by atoms with Gasteiger partial charge in [0.05, 0.1) is 23.9 Å². The van der Waals surface area contributed by atoms with E-state index >= 15 is 0 Å². The van der Waals surface area contributed by atoms with Crippen LogP contribution in [-0.2, 0) is 4.74 Å². The van der Waals surface area contributed by atoms with Gasteiger partial charge in [-0.2, -0.15) is 0 Å². The second-order valence-corrected chi connectivity index (χ2v) is 10.8. The van der Waals surface area contributed by atoms with E-state index in [9.17, 15) is 15.3 Å². The highest BCUT2D eigenvalue weighted by atomic mass is 16.5. The zero-order valence-corrected chi connectivity index (χ0v) is 19.4. The van der Waals surface area contributed by atoms with Crippen molar-refractivity contribution >= 4 is 0 Å². The predicted octanol–water partition coefficient (Wildman–Crippen LogP) is 4.69. The van der Waals surface area contributed by atoms with Gasteiger partial charge in [-0.3, -0.25) is 0 Å². The molecule has 0 unspecified atom stereocenters. The van der Waals surface area contributed by atoms with Crippen molar-refractivity contribution in [2.45, 2.75) is 103 Å². The third-order valence-electron chi connectivity index (χ3n) is 7.96. The van der Waals surface area contributed by atoms with E-state index < -0.39 is 17.8 Å². The van der Waals surface area contributed by atoms with Crippen molar-refractivity contribution in [2.75, 3.05) is 6.61 Å². The van der Waals surface area contributed by atoms with Crippen molar-refractivity contribution in [1.82, 2.24) is 0 Å². The van der Waals surface area contributed by atoms with Gasteiger partial charge in [-0.1, -0.05) is 31.2 Å². The van der Waals surface area contributed by atoms with Crippen LogP contribution in [0.1, 0.15) is 79.1 Å². The zero-order chi connectivity index (χ0) is 22.1. The van der Waals surface area contributed by atoms with Gasteiger partial charge in [0, 0.05) is 13.0 Å². The summed E-state index contributed by atoms with van der Waals surface area (Å²) in [7, 11) is 0. The lowest BCUT2D eigenvalue weighted by Gasteiger charge is -2.44. The van der Waals surface area contributed by atoms with E-state index in [1.54, 1.807) is 0 Å². The molecule has 3 aliphatic carbocycles. The van der Waals surface area contributed by atoms with Gasteiger partial charge in [0.2, 0.25) is 0 Å². The van der Waals surface area contributed by atoms with Gasteiger partial charge in [0.25, 0.3) is 0 Å². The molecule has 0 aromatic heterocycles. The first-order valence-electron chi connectivity index (χ1n) is 11.8. The Balaban J connectivity index is 1.70. The molecule has 3 saturated carbocycles. The Kier molecular flexibility index (Phi) is 7.33. The van der Waals surface area contributed by atoms with E-state index in [4.69, 9.17) is 4.74 Å². The Morgan fingerprint density at radius 1 is 1.27 bits per heavy atom. The molecule has 0 spiro atoms. The van der Waals surface area contributed by atoms with E-state index in [1.807, 2.05) is 13.8 Å². The fraction of sp³-hybridized carbons (Fsp3) is 0.769. The summed E-state index contributed by atoms with van der Waals surface area (Å²) in [6, 6.07) is 0. The molecular formula is C26H42O4. The number of allylic oxidation sites excluding steroid dienone is 3.